The maximum atomic E-state index is 10.8. The van der Waals surface area contributed by atoms with Crippen molar-refractivity contribution < 1.29 is 4.92 Å². The second-order valence-corrected chi connectivity index (χ2v) is 5.33. The van der Waals surface area contributed by atoms with Crippen molar-refractivity contribution in [1.82, 2.24) is 0 Å². The predicted molar refractivity (Wildman–Crippen MR) is 68.3 cm³/mol. The Labute approximate surface area is 101 Å². The number of anilines is 1. The summed E-state index contributed by atoms with van der Waals surface area (Å²) in [5.41, 5.74) is 2.30. The SMILES string of the molecule is Cc1cc(NCC2(C)CCC2)cc([N+](=O)[O-])c1. The number of nitro benzene ring substituents is 1. The number of benzene rings is 1. The molecule has 0 atom stereocenters. The van der Waals surface area contributed by atoms with E-state index in [0.29, 0.717) is 5.41 Å². The second-order valence-electron chi connectivity index (χ2n) is 5.33. The minimum Gasteiger partial charge on any atom is -0.384 e. The van der Waals surface area contributed by atoms with Gasteiger partial charge in [0.15, 0.2) is 0 Å². The molecule has 1 N–H and O–H groups in total. The molecule has 0 saturated heterocycles. The van der Waals surface area contributed by atoms with Crippen LogP contribution in [-0.2, 0) is 0 Å². The van der Waals surface area contributed by atoms with Gasteiger partial charge in [0.05, 0.1) is 4.92 Å². The van der Waals surface area contributed by atoms with Crippen molar-refractivity contribution >= 4 is 11.4 Å². The predicted octanol–water partition coefficient (Wildman–Crippen LogP) is 3.51. The smallest absolute Gasteiger partial charge is 0.271 e. The maximum absolute atomic E-state index is 10.8. The zero-order valence-corrected chi connectivity index (χ0v) is 10.3. The summed E-state index contributed by atoms with van der Waals surface area (Å²) >= 11 is 0. The molecular formula is C13H18N2O2. The Balaban J connectivity index is 2.07. The van der Waals surface area contributed by atoms with Gasteiger partial charge in [-0.2, -0.15) is 0 Å². The van der Waals surface area contributed by atoms with Gasteiger partial charge in [0.25, 0.3) is 5.69 Å². The number of aryl methyl sites for hydroxylation is 1. The summed E-state index contributed by atoms with van der Waals surface area (Å²) in [7, 11) is 0. The summed E-state index contributed by atoms with van der Waals surface area (Å²) < 4.78 is 0. The Morgan fingerprint density at radius 1 is 1.41 bits per heavy atom. The second kappa shape index (κ2) is 4.35. The molecule has 0 radical (unpaired) electrons. The molecule has 0 unspecified atom stereocenters. The molecule has 1 aromatic rings. The van der Waals surface area contributed by atoms with Gasteiger partial charge in [-0.15, -0.1) is 0 Å². The minimum atomic E-state index is -0.344. The molecule has 0 aliphatic heterocycles. The van der Waals surface area contributed by atoms with Crippen LogP contribution in [0, 0.1) is 22.5 Å². The third-order valence-corrected chi connectivity index (χ3v) is 3.55. The van der Waals surface area contributed by atoms with Crippen molar-refractivity contribution in [2.45, 2.75) is 33.1 Å². The largest absolute Gasteiger partial charge is 0.384 e. The summed E-state index contributed by atoms with van der Waals surface area (Å²) in [5.74, 6) is 0. The summed E-state index contributed by atoms with van der Waals surface area (Å²) in [6.45, 7) is 5.03. The fourth-order valence-electron chi connectivity index (χ4n) is 2.24. The van der Waals surface area contributed by atoms with Crippen molar-refractivity contribution in [2.24, 2.45) is 5.41 Å². The average molecular weight is 234 g/mol. The lowest BCUT2D eigenvalue weighted by Gasteiger charge is -2.38. The number of nitro groups is 1. The normalized spacial score (nSPS) is 17.3. The Kier molecular flexibility index (Phi) is 3.05. The highest BCUT2D eigenvalue weighted by molar-refractivity contribution is 5.53. The molecule has 0 amide bonds. The van der Waals surface area contributed by atoms with Crippen molar-refractivity contribution in [3.63, 3.8) is 0 Å². The van der Waals surface area contributed by atoms with Gasteiger partial charge in [0.2, 0.25) is 0 Å². The third kappa shape index (κ3) is 2.75. The molecule has 17 heavy (non-hydrogen) atoms. The van der Waals surface area contributed by atoms with Crippen LogP contribution in [-0.4, -0.2) is 11.5 Å². The van der Waals surface area contributed by atoms with Gasteiger partial charge >= 0.3 is 0 Å². The highest BCUT2D eigenvalue weighted by Gasteiger charge is 2.31. The molecule has 0 aromatic heterocycles. The van der Waals surface area contributed by atoms with Gasteiger partial charge in [-0.05, 0) is 36.8 Å². The van der Waals surface area contributed by atoms with E-state index in [9.17, 15) is 10.1 Å². The van der Waals surface area contributed by atoms with Crippen LogP contribution in [0.15, 0.2) is 18.2 Å². The van der Waals surface area contributed by atoms with Gasteiger partial charge < -0.3 is 5.32 Å². The highest BCUT2D eigenvalue weighted by atomic mass is 16.6. The zero-order chi connectivity index (χ0) is 12.5. The van der Waals surface area contributed by atoms with E-state index in [1.807, 2.05) is 13.0 Å². The quantitative estimate of drug-likeness (QED) is 0.640. The minimum absolute atomic E-state index is 0.159. The fourth-order valence-corrected chi connectivity index (χ4v) is 2.24. The van der Waals surface area contributed by atoms with E-state index in [1.165, 1.54) is 19.3 Å². The van der Waals surface area contributed by atoms with Crippen LogP contribution >= 0.6 is 0 Å². The molecule has 4 nitrogen and oxygen atoms in total. The molecule has 1 aromatic carbocycles. The Bertz CT molecular complexity index is 439. The number of hydrogen-bond acceptors (Lipinski definition) is 3. The van der Waals surface area contributed by atoms with Crippen molar-refractivity contribution in [2.75, 3.05) is 11.9 Å². The molecule has 0 heterocycles. The first kappa shape index (κ1) is 11.9. The molecule has 0 spiro atoms. The van der Waals surface area contributed by atoms with Gasteiger partial charge in [-0.25, -0.2) is 0 Å². The lowest BCUT2D eigenvalue weighted by atomic mass is 9.70. The lowest BCUT2D eigenvalue weighted by Crippen LogP contribution is -2.33. The molecule has 1 aliphatic rings. The van der Waals surface area contributed by atoms with Crippen LogP contribution in [0.5, 0.6) is 0 Å². The number of non-ortho nitro benzene ring substituents is 1. The van der Waals surface area contributed by atoms with E-state index >= 15 is 0 Å². The van der Waals surface area contributed by atoms with Crippen LogP contribution in [0.4, 0.5) is 11.4 Å². The molecule has 4 heteroatoms. The third-order valence-electron chi connectivity index (χ3n) is 3.55. The zero-order valence-electron chi connectivity index (χ0n) is 10.3. The van der Waals surface area contributed by atoms with Crippen LogP contribution in [0.3, 0.4) is 0 Å². The fraction of sp³-hybridized carbons (Fsp3) is 0.538. The number of hydrogen-bond donors (Lipinski definition) is 1. The molecular weight excluding hydrogens is 216 g/mol. The number of rotatable bonds is 4. The first-order valence-electron chi connectivity index (χ1n) is 5.99. The van der Waals surface area contributed by atoms with Crippen LogP contribution < -0.4 is 5.32 Å². The van der Waals surface area contributed by atoms with Crippen molar-refractivity contribution in [3.8, 4) is 0 Å². The van der Waals surface area contributed by atoms with E-state index in [4.69, 9.17) is 0 Å². The Hall–Kier alpha value is -1.58. The average Bonchev–Trinajstić information content (AvgIpc) is 2.23. The Morgan fingerprint density at radius 2 is 2.12 bits per heavy atom. The molecule has 2 rings (SSSR count). The van der Waals surface area contributed by atoms with E-state index < -0.39 is 0 Å². The van der Waals surface area contributed by atoms with Crippen LogP contribution in [0.2, 0.25) is 0 Å². The van der Waals surface area contributed by atoms with E-state index in [0.717, 1.165) is 17.8 Å². The van der Waals surface area contributed by atoms with E-state index in [2.05, 4.69) is 12.2 Å². The maximum Gasteiger partial charge on any atom is 0.271 e. The van der Waals surface area contributed by atoms with Crippen LogP contribution in [0.1, 0.15) is 31.7 Å². The number of nitrogens with zero attached hydrogens (tertiary/aromatic N) is 1. The molecule has 1 saturated carbocycles. The Morgan fingerprint density at radius 3 is 2.65 bits per heavy atom. The monoisotopic (exact) mass is 234 g/mol. The first-order chi connectivity index (χ1) is 7.98. The highest BCUT2D eigenvalue weighted by Crippen LogP contribution is 2.40. The summed E-state index contributed by atoms with van der Waals surface area (Å²) in [6.07, 6.45) is 3.79. The van der Waals surface area contributed by atoms with E-state index in [-0.39, 0.29) is 10.6 Å². The van der Waals surface area contributed by atoms with Crippen LogP contribution in [0.25, 0.3) is 0 Å². The van der Waals surface area contributed by atoms with Gasteiger partial charge in [0.1, 0.15) is 0 Å². The number of nitrogens with one attached hydrogen (secondary N) is 1. The molecule has 1 aliphatic carbocycles. The summed E-state index contributed by atoms with van der Waals surface area (Å²) in [4.78, 5) is 10.4. The standard InChI is InChI=1S/C13H18N2O2/c1-10-6-11(8-12(7-10)15(16)17)14-9-13(2)4-3-5-13/h6-8,14H,3-5,9H2,1-2H3. The molecule has 1 fully saturated rings. The molecule has 92 valence electrons. The van der Waals surface area contributed by atoms with E-state index in [1.54, 1.807) is 12.1 Å². The molecule has 0 bridgehead atoms. The van der Waals surface area contributed by atoms with Crippen molar-refractivity contribution in [1.29, 1.82) is 0 Å². The lowest BCUT2D eigenvalue weighted by molar-refractivity contribution is -0.384. The van der Waals surface area contributed by atoms with Gasteiger partial charge in [-0.3, -0.25) is 10.1 Å². The van der Waals surface area contributed by atoms with Gasteiger partial charge in [-0.1, -0.05) is 13.3 Å². The topological polar surface area (TPSA) is 55.2 Å². The summed E-state index contributed by atoms with van der Waals surface area (Å²) in [5, 5.41) is 14.1. The summed E-state index contributed by atoms with van der Waals surface area (Å²) in [6, 6.07) is 5.15. The first-order valence-corrected chi connectivity index (χ1v) is 5.99. The van der Waals surface area contributed by atoms with Gasteiger partial charge in [0, 0.05) is 24.4 Å². The van der Waals surface area contributed by atoms with Crippen molar-refractivity contribution in [3.05, 3.63) is 33.9 Å².